The highest BCUT2D eigenvalue weighted by Gasteiger charge is 2.20. The fourth-order valence-corrected chi connectivity index (χ4v) is 3.14. The second kappa shape index (κ2) is 21.6. The van der Waals surface area contributed by atoms with Gasteiger partial charge in [-0.1, -0.05) is 38.5 Å². The molecule has 0 aliphatic carbocycles. The highest BCUT2D eigenvalue weighted by atomic mass is 16.5. The minimum absolute atomic E-state index is 0.00264. The lowest BCUT2D eigenvalue weighted by molar-refractivity contribution is -0.142. The lowest BCUT2D eigenvalue weighted by Gasteiger charge is -2.14. The van der Waals surface area contributed by atoms with Crippen molar-refractivity contribution in [3.8, 4) is 0 Å². The summed E-state index contributed by atoms with van der Waals surface area (Å²) in [7, 11) is 0. The molecule has 0 rings (SSSR count). The van der Waals surface area contributed by atoms with Gasteiger partial charge in [-0.15, -0.1) is 0 Å². The first-order chi connectivity index (χ1) is 15.9. The average molecular weight is 475 g/mol. The Morgan fingerprint density at radius 3 is 1.88 bits per heavy atom. The van der Waals surface area contributed by atoms with Gasteiger partial charge in [0.25, 0.3) is 0 Å². The molecule has 10 heteroatoms. The van der Waals surface area contributed by atoms with Crippen LogP contribution in [0.3, 0.4) is 0 Å². The predicted octanol–water partition coefficient (Wildman–Crippen LogP) is 2.49. The van der Waals surface area contributed by atoms with E-state index in [1.807, 2.05) is 6.92 Å². The molecule has 33 heavy (non-hydrogen) atoms. The number of hydrogen-bond donors (Lipinski definition) is 4. The smallest absolute Gasteiger partial charge is 0.326 e. The minimum atomic E-state index is -1.15. The van der Waals surface area contributed by atoms with Crippen molar-refractivity contribution in [2.45, 2.75) is 90.0 Å². The molecule has 0 aliphatic rings. The molecular weight excluding hydrogens is 432 g/mol. The Morgan fingerprint density at radius 1 is 0.727 bits per heavy atom. The van der Waals surface area contributed by atoms with Gasteiger partial charge in [0.05, 0.1) is 19.8 Å². The lowest BCUT2D eigenvalue weighted by Crippen LogP contribution is -2.41. The molecule has 2 amide bonds. The summed E-state index contributed by atoms with van der Waals surface area (Å²) in [5.41, 5.74) is 0. The average Bonchev–Trinajstić information content (AvgIpc) is 2.76. The van der Waals surface area contributed by atoms with Gasteiger partial charge < -0.3 is 30.3 Å². The first-order valence-electron chi connectivity index (χ1n) is 12.0. The van der Waals surface area contributed by atoms with Crippen LogP contribution in [0, 0.1) is 0 Å². The number of carbonyl (C=O) groups is 4. The molecule has 0 spiro atoms. The molecule has 0 radical (unpaired) electrons. The van der Waals surface area contributed by atoms with Gasteiger partial charge in [-0.3, -0.25) is 14.4 Å². The number of nitrogens with one attached hydrogen (secondary N) is 2. The zero-order valence-corrected chi connectivity index (χ0v) is 19.9. The van der Waals surface area contributed by atoms with Crippen LogP contribution in [0.15, 0.2) is 0 Å². The number of rotatable bonds is 23. The molecule has 1 atom stereocenters. The summed E-state index contributed by atoms with van der Waals surface area (Å²) in [6.07, 6.45) is 7.81. The van der Waals surface area contributed by atoms with Gasteiger partial charge in [-0.25, -0.2) is 4.79 Å². The van der Waals surface area contributed by atoms with E-state index in [-0.39, 0.29) is 37.5 Å². The van der Waals surface area contributed by atoms with Gasteiger partial charge in [-0.05, 0) is 26.2 Å². The molecule has 4 N–H and O–H groups in total. The number of carboxylic acids is 2. The highest BCUT2D eigenvalue weighted by Crippen LogP contribution is 2.11. The number of hydrogen-bond acceptors (Lipinski definition) is 6. The zero-order chi connectivity index (χ0) is 24.7. The Labute approximate surface area is 196 Å². The third kappa shape index (κ3) is 21.4. The maximum Gasteiger partial charge on any atom is 0.326 e. The molecule has 0 saturated heterocycles. The second-order valence-electron chi connectivity index (χ2n) is 7.88. The summed E-state index contributed by atoms with van der Waals surface area (Å²) in [5.74, 6) is -2.51. The van der Waals surface area contributed by atoms with Crippen LogP contribution < -0.4 is 10.6 Å². The van der Waals surface area contributed by atoms with Crippen molar-refractivity contribution < 1.29 is 38.9 Å². The zero-order valence-electron chi connectivity index (χ0n) is 19.9. The quantitative estimate of drug-likeness (QED) is 0.165. The number of carboxylic acid groups (broad SMARTS) is 2. The summed E-state index contributed by atoms with van der Waals surface area (Å²) in [5, 5.41) is 23.0. The van der Waals surface area contributed by atoms with Crippen molar-refractivity contribution >= 4 is 23.8 Å². The van der Waals surface area contributed by atoms with Crippen LogP contribution in [0.25, 0.3) is 0 Å². The Hall–Kier alpha value is -2.20. The van der Waals surface area contributed by atoms with E-state index in [2.05, 4.69) is 10.6 Å². The second-order valence-corrected chi connectivity index (χ2v) is 7.88. The van der Waals surface area contributed by atoms with E-state index >= 15 is 0 Å². The van der Waals surface area contributed by atoms with Crippen LogP contribution >= 0.6 is 0 Å². The third-order valence-corrected chi connectivity index (χ3v) is 4.98. The number of aliphatic carboxylic acids is 2. The summed E-state index contributed by atoms with van der Waals surface area (Å²) in [6.45, 7) is 4.15. The maximum absolute atomic E-state index is 12.0. The predicted molar refractivity (Wildman–Crippen MR) is 123 cm³/mol. The molecular formula is C23H42N2O8. The highest BCUT2D eigenvalue weighted by molar-refractivity contribution is 5.84. The normalized spacial score (nSPS) is 11.7. The Kier molecular flexibility index (Phi) is 20.2. The van der Waals surface area contributed by atoms with E-state index in [9.17, 15) is 24.3 Å². The first-order valence-corrected chi connectivity index (χ1v) is 12.0. The number of unbranched alkanes of at least 4 members (excludes halogenated alkanes) is 7. The molecule has 0 saturated carbocycles. The van der Waals surface area contributed by atoms with Crippen LogP contribution in [0.1, 0.15) is 84.0 Å². The molecule has 0 aromatic rings. The number of carbonyl (C=O) groups excluding carboxylic acids is 2. The molecule has 0 heterocycles. The molecule has 0 bridgehead atoms. The Balaban J connectivity index is 3.79. The minimum Gasteiger partial charge on any atom is -0.481 e. The van der Waals surface area contributed by atoms with Gasteiger partial charge >= 0.3 is 11.9 Å². The van der Waals surface area contributed by atoms with Gasteiger partial charge in [0.15, 0.2) is 0 Å². The van der Waals surface area contributed by atoms with Crippen LogP contribution in [-0.4, -0.2) is 73.0 Å². The summed E-state index contributed by atoms with van der Waals surface area (Å²) in [6, 6.07) is -1.09. The van der Waals surface area contributed by atoms with Crippen molar-refractivity contribution in [3.63, 3.8) is 0 Å². The largest absolute Gasteiger partial charge is 0.481 e. The molecule has 0 unspecified atom stereocenters. The molecule has 0 aliphatic heterocycles. The molecule has 0 aromatic heterocycles. The van der Waals surface area contributed by atoms with Gasteiger partial charge in [0, 0.05) is 32.4 Å². The fraction of sp³-hybridized carbons (Fsp3) is 0.826. The molecule has 0 aromatic carbocycles. The van der Waals surface area contributed by atoms with Crippen molar-refractivity contribution in [1.29, 1.82) is 0 Å². The van der Waals surface area contributed by atoms with Crippen molar-refractivity contribution in [2.75, 3.05) is 33.0 Å². The van der Waals surface area contributed by atoms with E-state index in [0.29, 0.717) is 45.8 Å². The van der Waals surface area contributed by atoms with Crippen molar-refractivity contribution in [3.05, 3.63) is 0 Å². The van der Waals surface area contributed by atoms with E-state index < -0.39 is 18.0 Å². The third-order valence-electron chi connectivity index (χ3n) is 4.98. The fourth-order valence-electron chi connectivity index (χ4n) is 3.14. The molecule has 192 valence electrons. The van der Waals surface area contributed by atoms with Crippen LogP contribution in [-0.2, 0) is 28.7 Å². The van der Waals surface area contributed by atoms with E-state index in [1.54, 1.807) is 0 Å². The monoisotopic (exact) mass is 474 g/mol. The SMILES string of the molecule is CCOCCOCCNC(=O)CC[C@H](NC(=O)CCCCCCCCCCC(=O)O)C(=O)O. The van der Waals surface area contributed by atoms with Crippen molar-refractivity contribution in [2.24, 2.45) is 0 Å². The molecule has 0 fully saturated rings. The van der Waals surface area contributed by atoms with Gasteiger partial charge in [-0.2, -0.15) is 0 Å². The van der Waals surface area contributed by atoms with Crippen LogP contribution in [0.5, 0.6) is 0 Å². The van der Waals surface area contributed by atoms with Crippen LogP contribution in [0.4, 0.5) is 0 Å². The summed E-state index contributed by atoms with van der Waals surface area (Å²) >= 11 is 0. The topological polar surface area (TPSA) is 151 Å². The first kappa shape index (κ1) is 30.8. The Bertz CT molecular complexity index is 557. The van der Waals surface area contributed by atoms with E-state index in [0.717, 1.165) is 38.5 Å². The van der Waals surface area contributed by atoms with Crippen molar-refractivity contribution in [1.82, 2.24) is 10.6 Å². The molecule has 10 nitrogen and oxygen atoms in total. The van der Waals surface area contributed by atoms with E-state index in [1.165, 1.54) is 0 Å². The lowest BCUT2D eigenvalue weighted by atomic mass is 10.1. The van der Waals surface area contributed by atoms with E-state index in [4.69, 9.17) is 14.6 Å². The standard InChI is InChI=1S/C23H42N2O8/c1-2-32-17-18-33-16-15-24-20(26)14-13-19(23(30)31)25-21(27)11-9-7-5-3-4-6-8-10-12-22(28)29/h19H,2-18H2,1H3,(H,24,26)(H,25,27)(H,28,29)(H,30,31)/t19-/m0/s1. The number of amides is 2. The van der Waals surface area contributed by atoms with Gasteiger partial charge in [0.2, 0.25) is 11.8 Å². The Morgan fingerprint density at radius 2 is 1.30 bits per heavy atom. The maximum atomic E-state index is 12.0. The summed E-state index contributed by atoms with van der Waals surface area (Å²) in [4.78, 5) is 45.7. The number of ether oxygens (including phenoxy) is 2. The van der Waals surface area contributed by atoms with Gasteiger partial charge in [0.1, 0.15) is 6.04 Å². The van der Waals surface area contributed by atoms with Crippen LogP contribution in [0.2, 0.25) is 0 Å². The summed E-state index contributed by atoms with van der Waals surface area (Å²) < 4.78 is 10.4.